The minimum Gasteiger partial charge on any atom is -0.311 e. The smallest absolute Gasteiger partial charge is 0.311 e. The predicted octanol–water partition coefficient (Wildman–Crippen LogP) is 4.02. The van der Waals surface area contributed by atoms with Gasteiger partial charge in [0.15, 0.2) is 0 Å². The van der Waals surface area contributed by atoms with Crippen LogP contribution in [0, 0.1) is 19.7 Å². The van der Waals surface area contributed by atoms with Crippen LogP contribution < -0.4 is 5.56 Å². The number of nitrogens with zero attached hydrogens (tertiary/aromatic N) is 3. The number of benzene rings is 1. The lowest BCUT2D eigenvalue weighted by Gasteiger charge is -2.17. The Hall–Kier alpha value is -2.97. The highest BCUT2D eigenvalue weighted by atomic mass is 19.4. The molecule has 3 aromatic rings. The van der Waals surface area contributed by atoms with Crippen LogP contribution in [0.2, 0.25) is 0 Å². The van der Waals surface area contributed by atoms with E-state index in [4.69, 9.17) is 0 Å². The highest BCUT2D eigenvalue weighted by Crippen LogP contribution is 2.33. The van der Waals surface area contributed by atoms with Gasteiger partial charge >= 0.3 is 6.18 Å². The van der Waals surface area contributed by atoms with Crippen molar-refractivity contribution in [3.8, 4) is 11.3 Å². The molecule has 0 fully saturated rings. The first-order chi connectivity index (χ1) is 12.6. The molecule has 0 saturated heterocycles. The molecule has 1 atom stereocenters. The van der Waals surface area contributed by atoms with E-state index in [1.807, 2.05) is 0 Å². The molecule has 0 bridgehead atoms. The molecule has 9 heteroatoms. The van der Waals surface area contributed by atoms with Crippen LogP contribution in [0.4, 0.5) is 17.6 Å². The lowest BCUT2D eigenvalue weighted by atomic mass is 10.0. The third-order valence-corrected chi connectivity index (χ3v) is 4.33. The molecule has 1 N–H and O–H groups in total. The van der Waals surface area contributed by atoms with E-state index in [9.17, 15) is 22.4 Å². The van der Waals surface area contributed by atoms with Crippen LogP contribution in [-0.2, 0) is 6.18 Å². The highest BCUT2D eigenvalue weighted by molar-refractivity contribution is 5.60. The monoisotopic (exact) mass is 380 g/mol. The second kappa shape index (κ2) is 6.64. The van der Waals surface area contributed by atoms with Crippen molar-refractivity contribution in [2.24, 2.45) is 0 Å². The van der Waals surface area contributed by atoms with Gasteiger partial charge in [0, 0.05) is 22.9 Å². The van der Waals surface area contributed by atoms with Gasteiger partial charge in [-0.2, -0.15) is 18.3 Å². The number of alkyl halides is 3. The molecule has 0 saturated carbocycles. The third-order valence-electron chi connectivity index (χ3n) is 4.33. The second-order valence-electron chi connectivity index (χ2n) is 6.21. The van der Waals surface area contributed by atoms with E-state index in [0.29, 0.717) is 28.8 Å². The van der Waals surface area contributed by atoms with Crippen molar-refractivity contribution in [3.05, 3.63) is 69.3 Å². The Labute approximate surface area is 151 Å². The fourth-order valence-electron chi connectivity index (χ4n) is 2.96. The van der Waals surface area contributed by atoms with Crippen molar-refractivity contribution < 1.29 is 17.6 Å². The maximum absolute atomic E-state index is 14.3. The third kappa shape index (κ3) is 3.62. The number of aryl methyl sites for hydroxylation is 1. The summed E-state index contributed by atoms with van der Waals surface area (Å²) in [6.07, 6.45) is -3.11. The summed E-state index contributed by atoms with van der Waals surface area (Å²) in [4.78, 5) is 18.5. The normalized spacial score (nSPS) is 13.0. The van der Waals surface area contributed by atoms with E-state index >= 15 is 0 Å². The first-order valence-corrected chi connectivity index (χ1v) is 8.07. The van der Waals surface area contributed by atoms with Gasteiger partial charge in [-0.25, -0.2) is 9.37 Å². The summed E-state index contributed by atoms with van der Waals surface area (Å²) in [5.41, 5.74) is 0.335. The van der Waals surface area contributed by atoms with Gasteiger partial charge < -0.3 is 4.98 Å². The molecule has 0 aliphatic carbocycles. The standard InChI is InChI=1S/C18H16F4N4O/c1-9(13-5-4-12(6-15(13)19)18(20,21)22)26-10(2)14(8-23-26)16-7-17(27)25-11(3)24-16/h4-9H,1-3H3,(H,24,25,27)/t9-/m1/s1. The molecule has 2 aromatic heterocycles. The Morgan fingerprint density at radius 3 is 2.48 bits per heavy atom. The summed E-state index contributed by atoms with van der Waals surface area (Å²) in [7, 11) is 0. The van der Waals surface area contributed by atoms with Crippen LogP contribution in [0.25, 0.3) is 11.3 Å². The maximum Gasteiger partial charge on any atom is 0.416 e. The van der Waals surface area contributed by atoms with Gasteiger partial charge in [0.25, 0.3) is 5.56 Å². The van der Waals surface area contributed by atoms with Gasteiger partial charge in [0.2, 0.25) is 0 Å². The molecule has 27 heavy (non-hydrogen) atoms. The van der Waals surface area contributed by atoms with E-state index in [0.717, 1.165) is 12.1 Å². The fourth-order valence-corrected chi connectivity index (χ4v) is 2.96. The minimum atomic E-state index is -4.61. The van der Waals surface area contributed by atoms with Crippen LogP contribution in [-0.4, -0.2) is 19.7 Å². The van der Waals surface area contributed by atoms with E-state index < -0.39 is 23.6 Å². The first-order valence-electron chi connectivity index (χ1n) is 8.07. The minimum absolute atomic E-state index is 0.0794. The average molecular weight is 380 g/mol. The number of aromatic nitrogens is 4. The molecule has 0 spiro atoms. The summed E-state index contributed by atoms with van der Waals surface area (Å²) in [5.74, 6) is -0.523. The Kier molecular flexibility index (Phi) is 4.63. The van der Waals surface area contributed by atoms with Gasteiger partial charge in [-0.15, -0.1) is 0 Å². The average Bonchev–Trinajstić information content (AvgIpc) is 2.94. The zero-order valence-corrected chi connectivity index (χ0v) is 14.7. The summed E-state index contributed by atoms with van der Waals surface area (Å²) >= 11 is 0. The van der Waals surface area contributed by atoms with E-state index in [2.05, 4.69) is 15.1 Å². The van der Waals surface area contributed by atoms with Crippen molar-refractivity contribution in [2.75, 3.05) is 0 Å². The van der Waals surface area contributed by atoms with Crippen molar-refractivity contribution in [3.63, 3.8) is 0 Å². The molecule has 5 nitrogen and oxygen atoms in total. The lowest BCUT2D eigenvalue weighted by Crippen LogP contribution is -2.14. The SMILES string of the molecule is Cc1nc(-c2cnn([C@H](C)c3ccc(C(F)(F)F)cc3F)c2C)cc(=O)[nH]1. The molecule has 1 aromatic carbocycles. The van der Waals surface area contributed by atoms with Gasteiger partial charge in [0.1, 0.15) is 11.6 Å². The van der Waals surface area contributed by atoms with Crippen LogP contribution in [0.3, 0.4) is 0 Å². The number of aromatic amines is 1. The van der Waals surface area contributed by atoms with Crippen molar-refractivity contribution in [2.45, 2.75) is 33.0 Å². The van der Waals surface area contributed by atoms with Gasteiger partial charge in [0.05, 0.1) is 23.5 Å². The highest BCUT2D eigenvalue weighted by Gasteiger charge is 2.31. The van der Waals surface area contributed by atoms with Crippen LogP contribution in [0.1, 0.15) is 35.6 Å². The molecular weight excluding hydrogens is 364 g/mol. The lowest BCUT2D eigenvalue weighted by molar-refractivity contribution is -0.137. The molecule has 0 aliphatic rings. The number of H-pyrrole nitrogens is 1. The number of rotatable bonds is 3. The Morgan fingerprint density at radius 1 is 1.19 bits per heavy atom. The van der Waals surface area contributed by atoms with Gasteiger partial charge in [-0.3, -0.25) is 9.48 Å². The fraction of sp³-hybridized carbons (Fsp3) is 0.278. The molecule has 0 amide bonds. The number of hydrogen-bond donors (Lipinski definition) is 1. The zero-order chi connectivity index (χ0) is 19.9. The number of hydrogen-bond acceptors (Lipinski definition) is 3. The summed E-state index contributed by atoms with van der Waals surface area (Å²) < 4.78 is 53.9. The summed E-state index contributed by atoms with van der Waals surface area (Å²) in [6.45, 7) is 5.00. The van der Waals surface area contributed by atoms with Crippen molar-refractivity contribution in [1.82, 2.24) is 19.7 Å². The maximum atomic E-state index is 14.3. The molecule has 142 valence electrons. The van der Waals surface area contributed by atoms with Crippen LogP contribution >= 0.6 is 0 Å². The van der Waals surface area contributed by atoms with E-state index in [1.54, 1.807) is 20.8 Å². The largest absolute Gasteiger partial charge is 0.416 e. The van der Waals surface area contributed by atoms with Crippen LogP contribution in [0.5, 0.6) is 0 Å². The Bertz CT molecular complexity index is 1050. The zero-order valence-electron chi connectivity index (χ0n) is 14.7. The molecule has 0 unspecified atom stereocenters. The Balaban J connectivity index is 2.01. The predicted molar refractivity (Wildman–Crippen MR) is 90.8 cm³/mol. The quantitative estimate of drug-likeness (QED) is 0.698. The molecular formula is C18H16F4N4O. The number of nitrogens with one attached hydrogen (secondary N) is 1. The van der Waals surface area contributed by atoms with Crippen LogP contribution in [0.15, 0.2) is 35.3 Å². The molecule has 0 aliphatic heterocycles. The topological polar surface area (TPSA) is 63.6 Å². The van der Waals surface area contributed by atoms with Crippen molar-refractivity contribution in [1.29, 1.82) is 0 Å². The number of halogens is 4. The van der Waals surface area contributed by atoms with E-state index in [-0.39, 0.29) is 11.1 Å². The van der Waals surface area contributed by atoms with E-state index in [1.165, 1.54) is 16.9 Å². The summed E-state index contributed by atoms with van der Waals surface area (Å²) in [5, 5.41) is 4.22. The molecule has 3 rings (SSSR count). The van der Waals surface area contributed by atoms with Gasteiger partial charge in [-0.05, 0) is 32.9 Å². The molecule has 2 heterocycles. The van der Waals surface area contributed by atoms with Gasteiger partial charge in [-0.1, -0.05) is 6.07 Å². The first kappa shape index (κ1) is 18.8. The second-order valence-corrected chi connectivity index (χ2v) is 6.21. The Morgan fingerprint density at radius 2 is 1.89 bits per heavy atom. The summed E-state index contributed by atoms with van der Waals surface area (Å²) in [6, 6.07) is 3.11. The molecule has 0 radical (unpaired) electrons. The van der Waals surface area contributed by atoms with Crippen molar-refractivity contribution >= 4 is 0 Å².